The molecule has 2 saturated heterocycles. The highest BCUT2D eigenvalue weighted by atomic mass is 16.3. The monoisotopic (exact) mass is 731 g/mol. The molecule has 2 aromatic rings. The van der Waals surface area contributed by atoms with E-state index in [1.54, 1.807) is 0 Å². The number of hydrogen-bond donors (Lipinski definition) is 3. The Morgan fingerprint density at radius 3 is 2.04 bits per heavy atom. The van der Waals surface area contributed by atoms with E-state index in [0.29, 0.717) is 35.8 Å². The van der Waals surface area contributed by atoms with Crippen molar-refractivity contribution in [3.8, 4) is 11.5 Å². The maximum Gasteiger partial charge on any atom is 0.132 e. The van der Waals surface area contributed by atoms with Crippen LogP contribution in [0.5, 0.6) is 11.5 Å². The summed E-state index contributed by atoms with van der Waals surface area (Å²) in [6.07, 6.45) is 16.2. The van der Waals surface area contributed by atoms with Gasteiger partial charge in [0, 0.05) is 42.3 Å². The van der Waals surface area contributed by atoms with Crippen LogP contribution in [-0.2, 0) is 28.5 Å². The predicted molar refractivity (Wildman–Crippen MR) is 219 cm³/mol. The molecule has 6 heteroatoms. The second-order valence-corrected chi connectivity index (χ2v) is 18.9. The molecule has 4 fully saturated rings. The summed E-state index contributed by atoms with van der Waals surface area (Å²) in [4.78, 5) is 17.8. The summed E-state index contributed by atoms with van der Waals surface area (Å²) in [7, 11) is 2.25. The Hall–Kier alpha value is -2.41. The fraction of sp³-hybridized carbons (Fsp3) is 0.723. The van der Waals surface area contributed by atoms with E-state index in [1.807, 2.05) is 24.3 Å². The van der Waals surface area contributed by atoms with E-state index >= 15 is 0 Å². The summed E-state index contributed by atoms with van der Waals surface area (Å²) in [6.45, 7) is 14.9. The number of likely N-dealkylation sites (tertiary alicyclic amines) is 2. The van der Waals surface area contributed by atoms with Crippen LogP contribution in [0.3, 0.4) is 0 Å². The number of fused-ring (bicyclic) bond motifs is 8. The Kier molecular flexibility index (Phi) is 12.0. The summed E-state index contributed by atoms with van der Waals surface area (Å²) < 4.78 is 0. The molecule has 5 atom stereocenters. The van der Waals surface area contributed by atoms with Crippen molar-refractivity contribution in [2.24, 2.45) is 16.7 Å². The standard InChI is InChI=1S/C25H37NO2.C20H29NO2.2CH4/c1-24-14-15-26(3)23(16-19-9-11-21(28)17-22(19)24)25(24,2)13-12-20(27)10-8-18-6-4-5-7-18;1-4-20-9-10-21(13-19(23)7-8-19)17(18(20,2)3)11-14-5-6-15(22)12-16(14)20;;/h9,11,17-18,23,28H,4-8,10,12-16H2,1-3H3;5-6,12,17,22-23H,4,7-11,13H2,1-3H3;2*1H4/t23?,24-,25-;17?,20-;;/m11../s1. The Morgan fingerprint density at radius 2 is 1.42 bits per heavy atom. The normalized spacial score (nSPS) is 32.2. The minimum Gasteiger partial charge on any atom is -0.508 e. The fourth-order valence-electron chi connectivity index (χ4n) is 12.2. The molecule has 4 bridgehead atoms. The van der Waals surface area contributed by atoms with Crippen LogP contribution >= 0.6 is 0 Å². The molecule has 0 amide bonds. The SMILES string of the molecule is C.C.CC[C@@]12CCN(CC3(O)CC3)C(Cc3ccc(O)cc31)C2(C)C.CN1CC[C@]2(C)c3cc(O)ccc3CC1[C@@]2(C)CCC(=O)CCC1CCCC1. The minimum atomic E-state index is -0.419. The van der Waals surface area contributed by atoms with Crippen molar-refractivity contribution in [2.45, 2.75) is 174 Å². The second-order valence-electron chi connectivity index (χ2n) is 18.9. The number of ketones is 1. The molecule has 0 radical (unpaired) electrons. The van der Waals surface area contributed by atoms with Crippen LogP contribution in [0.25, 0.3) is 0 Å². The van der Waals surface area contributed by atoms with Gasteiger partial charge in [-0.1, -0.05) is 87.3 Å². The van der Waals surface area contributed by atoms with Crippen LogP contribution in [0.15, 0.2) is 36.4 Å². The third-order valence-corrected chi connectivity index (χ3v) is 16.1. The van der Waals surface area contributed by atoms with Gasteiger partial charge in [-0.25, -0.2) is 0 Å². The third kappa shape index (κ3) is 7.24. The van der Waals surface area contributed by atoms with Crippen molar-refractivity contribution in [1.82, 2.24) is 9.80 Å². The van der Waals surface area contributed by atoms with Gasteiger partial charge < -0.3 is 20.2 Å². The zero-order valence-corrected chi connectivity index (χ0v) is 32.6. The van der Waals surface area contributed by atoms with Crippen molar-refractivity contribution in [3.63, 3.8) is 0 Å². The van der Waals surface area contributed by atoms with Crippen LogP contribution in [0, 0.1) is 16.7 Å². The quantitative estimate of drug-likeness (QED) is 0.238. The molecule has 0 spiro atoms. The molecule has 8 rings (SSSR count). The number of carbonyl (C=O) groups excluding carboxylic acids is 1. The number of nitrogens with zero attached hydrogens (tertiary/aromatic N) is 2. The number of β-amino-alcohol motifs (C(OH)–C–C–N with tert-alkyl or cyclic N) is 1. The number of Topliss-reactive ketones (excluding diaryl/α,β-unsaturated/α-hetero) is 1. The summed E-state index contributed by atoms with van der Waals surface area (Å²) >= 11 is 0. The summed E-state index contributed by atoms with van der Waals surface area (Å²) in [5.41, 5.74) is 5.38. The number of phenols is 2. The van der Waals surface area contributed by atoms with Crippen molar-refractivity contribution in [1.29, 1.82) is 0 Å². The van der Waals surface area contributed by atoms with Gasteiger partial charge in [-0.3, -0.25) is 9.69 Å². The van der Waals surface area contributed by atoms with Crippen molar-refractivity contribution < 1.29 is 20.1 Å². The largest absolute Gasteiger partial charge is 0.508 e. The highest BCUT2D eigenvalue weighted by Crippen LogP contribution is 2.60. The van der Waals surface area contributed by atoms with Crippen LogP contribution < -0.4 is 0 Å². The van der Waals surface area contributed by atoms with Gasteiger partial charge in [0.2, 0.25) is 0 Å². The van der Waals surface area contributed by atoms with E-state index < -0.39 is 5.60 Å². The zero-order valence-electron chi connectivity index (χ0n) is 32.6. The first-order chi connectivity index (χ1) is 24.1. The number of carbonyl (C=O) groups is 1. The Balaban J connectivity index is 0.000000200. The van der Waals surface area contributed by atoms with Gasteiger partial charge in [0.1, 0.15) is 17.3 Å². The van der Waals surface area contributed by atoms with Gasteiger partial charge in [-0.2, -0.15) is 0 Å². The molecule has 0 aromatic heterocycles. The van der Waals surface area contributed by atoms with Crippen molar-refractivity contribution in [2.75, 3.05) is 26.7 Å². The van der Waals surface area contributed by atoms with E-state index in [4.69, 9.17) is 0 Å². The molecule has 2 heterocycles. The van der Waals surface area contributed by atoms with Crippen molar-refractivity contribution >= 4 is 5.78 Å². The van der Waals surface area contributed by atoms with E-state index in [0.717, 1.165) is 89.8 Å². The fourth-order valence-corrected chi connectivity index (χ4v) is 12.2. The molecule has 6 aliphatic rings. The smallest absolute Gasteiger partial charge is 0.132 e. The van der Waals surface area contributed by atoms with Gasteiger partial charge in [0.25, 0.3) is 0 Å². The Bertz CT molecular complexity index is 1610. The number of likely N-dealkylation sites (N-methyl/N-ethyl adjacent to an activating group) is 1. The predicted octanol–water partition coefficient (Wildman–Crippen LogP) is 9.73. The number of benzene rings is 2. The second kappa shape index (κ2) is 15.3. The van der Waals surface area contributed by atoms with E-state index in [1.165, 1.54) is 47.9 Å². The first-order valence-corrected chi connectivity index (χ1v) is 20.5. The third-order valence-electron chi connectivity index (χ3n) is 16.1. The van der Waals surface area contributed by atoms with Crippen LogP contribution in [0.2, 0.25) is 0 Å². The number of hydrogen-bond acceptors (Lipinski definition) is 6. The van der Waals surface area contributed by atoms with E-state index in [9.17, 15) is 20.1 Å². The molecular weight excluding hydrogens is 657 g/mol. The molecule has 53 heavy (non-hydrogen) atoms. The lowest BCUT2D eigenvalue weighted by Crippen LogP contribution is -2.65. The molecule has 4 aliphatic carbocycles. The van der Waals surface area contributed by atoms with Gasteiger partial charge in [-0.05, 0) is 141 Å². The molecule has 3 N–H and O–H groups in total. The molecule has 2 saturated carbocycles. The average Bonchev–Trinajstić information content (AvgIpc) is 3.57. The zero-order chi connectivity index (χ0) is 36.4. The molecule has 296 valence electrons. The molecule has 2 unspecified atom stereocenters. The summed E-state index contributed by atoms with van der Waals surface area (Å²) in [5.74, 6) is 2.01. The van der Waals surface area contributed by atoms with Crippen LogP contribution in [0.4, 0.5) is 0 Å². The number of piperidine rings is 2. The summed E-state index contributed by atoms with van der Waals surface area (Å²) in [5, 5.41) is 30.6. The lowest BCUT2D eigenvalue weighted by molar-refractivity contribution is -0.121. The number of phenolic OH excluding ortho intramolecular Hbond substituents is 2. The van der Waals surface area contributed by atoms with Gasteiger partial charge in [0.05, 0.1) is 5.60 Å². The molecule has 6 nitrogen and oxygen atoms in total. The number of rotatable bonds is 9. The van der Waals surface area contributed by atoms with Crippen LogP contribution in [0.1, 0.15) is 155 Å². The maximum atomic E-state index is 12.7. The lowest BCUT2D eigenvalue weighted by atomic mass is 9.49. The van der Waals surface area contributed by atoms with Crippen molar-refractivity contribution in [3.05, 3.63) is 58.7 Å². The molecule has 2 aliphatic heterocycles. The highest BCUT2D eigenvalue weighted by molar-refractivity contribution is 5.78. The number of aromatic hydroxyl groups is 2. The Labute approximate surface area is 322 Å². The average molecular weight is 731 g/mol. The van der Waals surface area contributed by atoms with Gasteiger partial charge in [0.15, 0.2) is 0 Å². The van der Waals surface area contributed by atoms with Gasteiger partial charge >= 0.3 is 0 Å². The highest BCUT2D eigenvalue weighted by Gasteiger charge is 2.59. The number of aliphatic hydroxyl groups is 1. The Morgan fingerprint density at radius 1 is 0.811 bits per heavy atom. The molecular formula is C47H74N2O4. The first-order valence-electron chi connectivity index (χ1n) is 20.5. The van der Waals surface area contributed by atoms with Crippen LogP contribution in [-0.4, -0.2) is 75.3 Å². The molecule has 2 aromatic carbocycles. The summed E-state index contributed by atoms with van der Waals surface area (Å²) in [6, 6.07) is 12.8. The van der Waals surface area contributed by atoms with E-state index in [2.05, 4.69) is 63.6 Å². The van der Waals surface area contributed by atoms with E-state index in [-0.39, 0.29) is 36.5 Å². The lowest BCUT2D eigenvalue weighted by Gasteiger charge is -2.62. The van der Waals surface area contributed by atoms with Gasteiger partial charge in [-0.15, -0.1) is 0 Å². The minimum absolute atomic E-state index is 0. The topological polar surface area (TPSA) is 84.2 Å². The first kappa shape index (κ1) is 41.7. The maximum absolute atomic E-state index is 12.7.